The fourth-order valence-electron chi connectivity index (χ4n) is 1.71. The number of carbonyl (C=O) groups is 1. The lowest BCUT2D eigenvalue weighted by Gasteiger charge is -2.41. The number of hydrogen-bond acceptors (Lipinski definition) is 7. The van der Waals surface area contributed by atoms with Gasteiger partial charge in [-0.2, -0.15) is 0 Å². The summed E-state index contributed by atoms with van der Waals surface area (Å²) in [5.41, 5.74) is 0. The van der Waals surface area contributed by atoms with Crippen molar-refractivity contribution in [2.45, 2.75) is 36.8 Å². The number of aliphatic hydroxyl groups excluding tert-OH is 3. The van der Waals surface area contributed by atoms with E-state index in [9.17, 15) is 20.1 Å². The van der Waals surface area contributed by atoms with E-state index in [-0.39, 0.29) is 6.10 Å². The second-order valence-corrected chi connectivity index (χ2v) is 4.15. The molecule has 0 aromatic carbocycles. The van der Waals surface area contributed by atoms with E-state index in [2.05, 4.69) is 5.32 Å². The summed E-state index contributed by atoms with van der Waals surface area (Å²) in [4.78, 5) is 10.8. The summed E-state index contributed by atoms with van der Waals surface area (Å²) in [5.74, 6) is -1.41. The Morgan fingerprint density at radius 1 is 1.18 bits per heavy atom. The van der Waals surface area contributed by atoms with Crippen LogP contribution in [0.3, 0.4) is 0 Å². The highest BCUT2D eigenvalue weighted by Gasteiger charge is 2.48. The standard InChI is InChI=1S/C9H15NO7/c11-4-5(12)7(8(14)15)17-9(6(4)13)16-3-1-10-2-3/h3-7,9-13H,1-2H2,(H,14,15). The first-order valence-electron chi connectivity index (χ1n) is 5.29. The van der Waals surface area contributed by atoms with Crippen molar-refractivity contribution in [1.29, 1.82) is 0 Å². The third kappa shape index (κ3) is 2.41. The van der Waals surface area contributed by atoms with Crippen LogP contribution in [-0.4, -0.2) is 76.3 Å². The van der Waals surface area contributed by atoms with E-state index < -0.39 is 36.7 Å². The van der Waals surface area contributed by atoms with Gasteiger partial charge < -0.3 is 35.2 Å². The number of carboxylic acid groups (broad SMARTS) is 1. The summed E-state index contributed by atoms with van der Waals surface area (Å²) in [6.07, 6.45) is -7.80. The van der Waals surface area contributed by atoms with Crippen LogP contribution < -0.4 is 5.32 Å². The highest BCUT2D eigenvalue weighted by molar-refractivity contribution is 5.73. The summed E-state index contributed by atoms with van der Waals surface area (Å²) >= 11 is 0. The zero-order valence-electron chi connectivity index (χ0n) is 8.89. The van der Waals surface area contributed by atoms with Crippen LogP contribution in [0.15, 0.2) is 0 Å². The molecule has 8 nitrogen and oxygen atoms in total. The summed E-state index contributed by atoms with van der Waals surface area (Å²) in [7, 11) is 0. The lowest BCUT2D eigenvalue weighted by molar-refractivity contribution is -0.307. The molecule has 17 heavy (non-hydrogen) atoms. The van der Waals surface area contributed by atoms with Crippen molar-refractivity contribution < 1.29 is 34.7 Å². The average Bonchev–Trinajstić information content (AvgIpc) is 2.22. The van der Waals surface area contributed by atoms with Crippen LogP contribution in [0.5, 0.6) is 0 Å². The van der Waals surface area contributed by atoms with Gasteiger partial charge in [0.25, 0.3) is 0 Å². The largest absolute Gasteiger partial charge is 0.479 e. The number of nitrogens with one attached hydrogen (secondary N) is 1. The van der Waals surface area contributed by atoms with Crippen LogP contribution >= 0.6 is 0 Å². The maximum Gasteiger partial charge on any atom is 0.335 e. The Hall–Kier alpha value is -0.770. The first-order chi connectivity index (χ1) is 8.00. The van der Waals surface area contributed by atoms with Gasteiger partial charge in [0, 0.05) is 13.1 Å². The number of rotatable bonds is 3. The molecule has 0 amide bonds. The summed E-state index contributed by atoms with van der Waals surface area (Å²) < 4.78 is 10.2. The maximum absolute atomic E-state index is 10.8. The number of ether oxygens (including phenoxy) is 2. The van der Waals surface area contributed by atoms with Crippen molar-refractivity contribution in [2.75, 3.05) is 13.1 Å². The molecule has 2 rings (SSSR count). The Bertz CT molecular complexity index is 295. The lowest BCUT2D eigenvalue weighted by Crippen LogP contribution is -2.62. The fourth-order valence-corrected chi connectivity index (χ4v) is 1.71. The third-order valence-electron chi connectivity index (χ3n) is 2.88. The lowest BCUT2D eigenvalue weighted by atomic mass is 9.99. The molecule has 0 spiro atoms. The van der Waals surface area contributed by atoms with Gasteiger partial charge in [-0.25, -0.2) is 4.79 Å². The average molecular weight is 249 g/mol. The van der Waals surface area contributed by atoms with Crippen molar-refractivity contribution in [3.8, 4) is 0 Å². The second-order valence-electron chi connectivity index (χ2n) is 4.15. The highest BCUT2D eigenvalue weighted by atomic mass is 16.7. The third-order valence-corrected chi connectivity index (χ3v) is 2.88. The Kier molecular flexibility index (Phi) is 3.61. The van der Waals surface area contributed by atoms with Gasteiger partial charge in [0.2, 0.25) is 0 Å². The van der Waals surface area contributed by atoms with Crippen LogP contribution in [0.2, 0.25) is 0 Å². The molecular formula is C9H15NO7. The zero-order chi connectivity index (χ0) is 12.6. The van der Waals surface area contributed by atoms with Gasteiger partial charge in [-0.1, -0.05) is 0 Å². The maximum atomic E-state index is 10.8. The van der Waals surface area contributed by atoms with Gasteiger partial charge in [-0.3, -0.25) is 0 Å². The van der Waals surface area contributed by atoms with Crippen LogP contribution in [0.25, 0.3) is 0 Å². The van der Waals surface area contributed by atoms with E-state index in [4.69, 9.17) is 14.6 Å². The molecule has 5 unspecified atom stereocenters. The molecule has 2 heterocycles. The van der Waals surface area contributed by atoms with Gasteiger partial charge in [-0.05, 0) is 0 Å². The predicted octanol–water partition coefficient (Wildman–Crippen LogP) is -3.13. The van der Waals surface area contributed by atoms with Crippen LogP contribution in [0.1, 0.15) is 0 Å². The monoisotopic (exact) mass is 249 g/mol. The molecule has 98 valence electrons. The Labute approximate surface area is 96.8 Å². The molecule has 5 atom stereocenters. The molecular weight excluding hydrogens is 234 g/mol. The molecule has 2 saturated heterocycles. The SMILES string of the molecule is O=C(O)C1OC(OC2CNC2)C(O)C(O)C1O. The van der Waals surface area contributed by atoms with Crippen molar-refractivity contribution in [2.24, 2.45) is 0 Å². The number of carboxylic acids is 1. The molecule has 2 aliphatic rings. The van der Waals surface area contributed by atoms with E-state index in [0.717, 1.165) is 0 Å². The molecule has 5 N–H and O–H groups in total. The van der Waals surface area contributed by atoms with Crippen molar-refractivity contribution in [1.82, 2.24) is 5.32 Å². The van der Waals surface area contributed by atoms with Gasteiger partial charge in [0.15, 0.2) is 12.4 Å². The van der Waals surface area contributed by atoms with Crippen molar-refractivity contribution in [3.63, 3.8) is 0 Å². The van der Waals surface area contributed by atoms with Gasteiger partial charge >= 0.3 is 5.97 Å². The zero-order valence-corrected chi connectivity index (χ0v) is 8.89. The van der Waals surface area contributed by atoms with Crippen LogP contribution in [0, 0.1) is 0 Å². The molecule has 0 aromatic heterocycles. The smallest absolute Gasteiger partial charge is 0.335 e. The topological polar surface area (TPSA) is 128 Å². The van der Waals surface area contributed by atoms with Crippen LogP contribution in [-0.2, 0) is 14.3 Å². The molecule has 8 heteroatoms. The van der Waals surface area contributed by atoms with E-state index >= 15 is 0 Å². The minimum absolute atomic E-state index is 0.188. The quantitative estimate of drug-likeness (QED) is 0.355. The minimum Gasteiger partial charge on any atom is -0.479 e. The van der Waals surface area contributed by atoms with E-state index in [0.29, 0.717) is 13.1 Å². The van der Waals surface area contributed by atoms with Gasteiger partial charge in [-0.15, -0.1) is 0 Å². The first kappa shape index (κ1) is 12.7. The van der Waals surface area contributed by atoms with E-state index in [1.807, 2.05) is 0 Å². The summed E-state index contributed by atoms with van der Waals surface area (Å²) in [6.45, 7) is 1.14. The number of hydrogen-bond donors (Lipinski definition) is 5. The second kappa shape index (κ2) is 4.84. The van der Waals surface area contributed by atoms with Crippen LogP contribution in [0.4, 0.5) is 0 Å². The Balaban J connectivity index is 2.02. The highest BCUT2D eigenvalue weighted by Crippen LogP contribution is 2.23. The molecule has 0 aliphatic carbocycles. The van der Waals surface area contributed by atoms with Gasteiger partial charge in [0.05, 0.1) is 6.10 Å². The molecule has 2 aliphatic heterocycles. The molecule has 2 fully saturated rings. The molecule has 0 aromatic rings. The molecule has 0 saturated carbocycles. The minimum atomic E-state index is -1.68. The number of aliphatic hydroxyl groups is 3. The molecule has 0 bridgehead atoms. The van der Waals surface area contributed by atoms with Crippen molar-refractivity contribution in [3.05, 3.63) is 0 Å². The van der Waals surface area contributed by atoms with E-state index in [1.165, 1.54) is 0 Å². The normalized spacial score (nSPS) is 43.1. The van der Waals surface area contributed by atoms with Crippen molar-refractivity contribution >= 4 is 5.97 Å². The summed E-state index contributed by atoms with van der Waals surface area (Å²) in [6, 6.07) is 0. The number of aliphatic carboxylic acids is 1. The fraction of sp³-hybridized carbons (Fsp3) is 0.889. The predicted molar refractivity (Wildman–Crippen MR) is 52.1 cm³/mol. The van der Waals surface area contributed by atoms with E-state index in [1.54, 1.807) is 0 Å². The van der Waals surface area contributed by atoms with Gasteiger partial charge in [0.1, 0.15) is 18.3 Å². The first-order valence-corrected chi connectivity index (χ1v) is 5.29. The Morgan fingerprint density at radius 2 is 1.82 bits per heavy atom. The Morgan fingerprint density at radius 3 is 2.29 bits per heavy atom. The summed E-state index contributed by atoms with van der Waals surface area (Å²) in [5, 5.41) is 40.2. The molecule has 0 radical (unpaired) electrons.